The minimum Gasteiger partial charge on any atom is -0.479 e. The first-order valence-electron chi connectivity index (χ1n) is 8.85. The van der Waals surface area contributed by atoms with Gasteiger partial charge in [0.05, 0.1) is 5.69 Å². The van der Waals surface area contributed by atoms with Gasteiger partial charge in [0, 0.05) is 24.1 Å². The van der Waals surface area contributed by atoms with Crippen molar-refractivity contribution in [3.05, 3.63) is 53.1 Å². The summed E-state index contributed by atoms with van der Waals surface area (Å²) >= 11 is 0. The number of ketones is 1. The Labute approximate surface area is 157 Å². The van der Waals surface area contributed by atoms with Gasteiger partial charge in [-0.2, -0.15) is 0 Å². The zero-order valence-corrected chi connectivity index (χ0v) is 15.6. The fraction of sp³-hybridized carbons (Fsp3) is 0.286. The third kappa shape index (κ3) is 4.34. The summed E-state index contributed by atoms with van der Waals surface area (Å²) in [5.74, 6) is 0.00637. The average molecular weight is 366 g/mol. The minimum atomic E-state index is -0.547. The number of carbonyl (C=O) groups excluding carboxylic acids is 3. The van der Waals surface area contributed by atoms with Crippen molar-refractivity contribution in [3.8, 4) is 5.75 Å². The van der Waals surface area contributed by atoms with Gasteiger partial charge in [-0.25, -0.2) is 0 Å². The molecule has 1 atom stereocenters. The van der Waals surface area contributed by atoms with Gasteiger partial charge in [-0.1, -0.05) is 12.1 Å². The number of benzene rings is 2. The highest BCUT2D eigenvalue weighted by atomic mass is 16.5. The fourth-order valence-corrected chi connectivity index (χ4v) is 2.80. The van der Waals surface area contributed by atoms with Gasteiger partial charge in [-0.15, -0.1) is 0 Å². The van der Waals surface area contributed by atoms with E-state index in [1.807, 2.05) is 26.0 Å². The van der Waals surface area contributed by atoms with Crippen molar-refractivity contribution in [2.75, 3.05) is 10.6 Å². The number of hydrogen-bond donors (Lipinski definition) is 2. The lowest BCUT2D eigenvalue weighted by Gasteiger charge is -2.23. The summed E-state index contributed by atoms with van der Waals surface area (Å²) in [4.78, 5) is 36.1. The highest BCUT2D eigenvalue weighted by Gasteiger charge is 2.23. The summed E-state index contributed by atoms with van der Waals surface area (Å²) in [6.45, 7) is 5.61. The molecule has 6 nitrogen and oxygen atoms in total. The Hall–Kier alpha value is -3.15. The lowest BCUT2D eigenvalue weighted by molar-refractivity contribution is -0.122. The number of anilines is 2. The second-order valence-corrected chi connectivity index (χ2v) is 6.73. The normalized spacial score (nSPS) is 15.4. The molecule has 0 unspecified atom stereocenters. The van der Waals surface area contributed by atoms with Crippen LogP contribution in [0.1, 0.15) is 41.3 Å². The molecular formula is C21H22N2O4. The number of carbonyl (C=O) groups is 3. The maximum absolute atomic E-state index is 12.3. The molecule has 1 aliphatic rings. The van der Waals surface area contributed by atoms with Gasteiger partial charge in [0.15, 0.2) is 11.9 Å². The standard InChI is InChI=1S/C21H22N2O4/c1-12-4-5-15(10-13(12)2)18(24)7-9-20(25)22-16-6-8-19-17(11-16)23-21(26)14(3)27-19/h4-6,8,10-11,14H,7,9H2,1-3H3,(H,22,25)(H,23,26)/t14-/m1/s1. The molecule has 3 rings (SSSR count). The second kappa shape index (κ2) is 7.61. The topological polar surface area (TPSA) is 84.5 Å². The molecule has 6 heteroatoms. The van der Waals surface area contributed by atoms with Crippen LogP contribution >= 0.6 is 0 Å². The SMILES string of the molecule is Cc1ccc(C(=O)CCC(=O)Nc2ccc3c(c2)NC(=O)[C@@H](C)O3)cc1C. The number of rotatable bonds is 5. The third-order valence-electron chi connectivity index (χ3n) is 4.60. The molecule has 0 radical (unpaired) electrons. The lowest BCUT2D eigenvalue weighted by atomic mass is 10.0. The summed E-state index contributed by atoms with van der Waals surface area (Å²) in [6, 6.07) is 10.6. The monoisotopic (exact) mass is 366 g/mol. The molecule has 140 valence electrons. The second-order valence-electron chi connectivity index (χ2n) is 6.73. The van der Waals surface area contributed by atoms with E-state index in [9.17, 15) is 14.4 Å². The van der Waals surface area contributed by atoms with E-state index in [1.165, 1.54) is 0 Å². The van der Waals surface area contributed by atoms with Crippen molar-refractivity contribution in [1.82, 2.24) is 0 Å². The molecular weight excluding hydrogens is 344 g/mol. The highest BCUT2D eigenvalue weighted by Crippen LogP contribution is 2.32. The first kappa shape index (κ1) is 18.6. The van der Waals surface area contributed by atoms with Crippen LogP contribution in [0.4, 0.5) is 11.4 Å². The van der Waals surface area contributed by atoms with Crippen LogP contribution in [-0.2, 0) is 9.59 Å². The molecule has 0 fully saturated rings. The molecule has 0 spiro atoms. The van der Waals surface area contributed by atoms with E-state index in [4.69, 9.17) is 4.74 Å². The van der Waals surface area contributed by atoms with Gasteiger partial charge in [0.2, 0.25) is 5.91 Å². The fourth-order valence-electron chi connectivity index (χ4n) is 2.80. The number of Topliss-reactive ketones (excluding diaryl/α,β-unsaturated/α-hetero) is 1. The van der Waals surface area contributed by atoms with Crippen LogP contribution in [0.5, 0.6) is 5.75 Å². The molecule has 0 aromatic heterocycles. The molecule has 1 aliphatic heterocycles. The lowest BCUT2D eigenvalue weighted by Crippen LogP contribution is -2.34. The molecule has 2 aromatic carbocycles. The van der Waals surface area contributed by atoms with Crippen molar-refractivity contribution < 1.29 is 19.1 Å². The van der Waals surface area contributed by atoms with E-state index in [0.717, 1.165) is 11.1 Å². The Morgan fingerprint density at radius 2 is 1.85 bits per heavy atom. The molecule has 2 amide bonds. The summed E-state index contributed by atoms with van der Waals surface area (Å²) in [7, 11) is 0. The molecule has 27 heavy (non-hydrogen) atoms. The number of aryl methyl sites for hydroxylation is 2. The molecule has 0 aliphatic carbocycles. The van der Waals surface area contributed by atoms with Gasteiger partial charge >= 0.3 is 0 Å². The molecule has 2 aromatic rings. The van der Waals surface area contributed by atoms with Crippen LogP contribution < -0.4 is 15.4 Å². The van der Waals surface area contributed by atoms with Crippen LogP contribution in [0.2, 0.25) is 0 Å². The highest BCUT2D eigenvalue weighted by molar-refractivity contribution is 6.01. The van der Waals surface area contributed by atoms with Crippen LogP contribution in [-0.4, -0.2) is 23.7 Å². The van der Waals surface area contributed by atoms with Crippen LogP contribution in [0.15, 0.2) is 36.4 Å². The maximum Gasteiger partial charge on any atom is 0.265 e. The van der Waals surface area contributed by atoms with Crippen molar-refractivity contribution >= 4 is 29.0 Å². The number of ether oxygens (including phenoxy) is 1. The summed E-state index contributed by atoms with van der Waals surface area (Å²) in [5.41, 5.74) is 3.85. The van der Waals surface area contributed by atoms with E-state index in [1.54, 1.807) is 31.2 Å². The third-order valence-corrected chi connectivity index (χ3v) is 4.60. The Kier molecular flexibility index (Phi) is 5.26. The maximum atomic E-state index is 12.3. The zero-order chi connectivity index (χ0) is 19.6. The van der Waals surface area contributed by atoms with Crippen LogP contribution in [0, 0.1) is 13.8 Å². The predicted molar refractivity (Wildman–Crippen MR) is 103 cm³/mol. The van der Waals surface area contributed by atoms with Crippen molar-refractivity contribution in [2.45, 2.75) is 39.7 Å². The Balaban J connectivity index is 1.58. The molecule has 0 saturated heterocycles. The number of amides is 2. The first-order chi connectivity index (χ1) is 12.8. The Morgan fingerprint density at radius 3 is 2.59 bits per heavy atom. The number of fused-ring (bicyclic) bond motifs is 1. The molecule has 1 heterocycles. The zero-order valence-electron chi connectivity index (χ0n) is 15.6. The van der Waals surface area contributed by atoms with E-state index in [0.29, 0.717) is 22.7 Å². The van der Waals surface area contributed by atoms with Gasteiger partial charge in [-0.05, 0) is 56.2 Å². The minimum absolute atomic E-state index is 0.0617. The van der Waals surface area contributed by atoms with E-state index in [2.05, 4.69) is 10.6 Å². The predicted octanol–water partition coefficient (Wildman–Crippen LogP) is 3.62. The summed E-state index contributed by atoms with van der Waals surface area (Å²) < 4.78 is 5.48. The van der Waals surface area contributed by atoms with E-state index >= 15 is 0 Å². The van der Waals surface area contributed by atoms with Gasteiger partial charge in [-0.3, -0.25) is 14.4 Å². The number of hydrogen-bond acceptors (Lipinski definition) is 4. The van der Waals surface area contributed by atoms with E-state index in [-0.39, 0.29) is 30.4 Å². The van der Waals surface area contributed by atoms with Gasteiger partial charge < -0.3 is 15.4 Å². The Morgan fingerprint density at radius 1 is 1.07 bits per heavy atom. The summed E-state index contributed by atoms with van der Waals surface area (Å²) in [6.07, 6.45) is -0.325. The quantitative estimate of drug-likeness (QED) is 0.792. The Bertz CT molecular complexity index is 920. The molecule has 0 bridgehead atoms. The van der Waals surface area contributed by atoms with Crippen molar-refractivity contribution in [3.63, 3.8) is 0 Å². The smallest absolute Gasteiger partial charge is 0.265 e. The first-order valence-corrected chi connectivity index (χ1v) is 8.85. The van der Waals surface area contributed by atoms with Gasteiger partial charge in [0.25, 0.3) is 5.91 Å². The average Bonchev–Trinajstić information content (AvgIpc) is 2.63. The summed E-state index contributed by atoms with van der Waals surface area (Å²) in [5, 5.41) is 5.48. The van der Waals surface area contributed by atoms with Crippen LogP contribution in [0.3, 0.4) is 0 Å². The van der Waals surface area contributed by atoms with Crippen LogP contribution in [0.25, 0.3) is 0 Å². The van der Waals surface area contributed by atoms with Gasteiger partial charge in [0.1, 0.15) is 5.75 Å². The number of nitrogens with one attached hydrogen (secondary N) is 2. The largest absolute Gasteiger partial charge is 0.479 e. The molecule has 0 saturated carbocycles. The van der Waals surface area contributed by atoms with Crippen molar-refractivity contribution in [1.29, 1.82) is 0 Å². The van der Waals surface area contributed by atoms with E-state index < -0.39 is 6.10 Å². The van der Waals surface area contributed by atoms with Crippen molar-refractivity contribution in [2.24, 2.45) is 0 Å². The molecule has 2 N–H and O–H groups in total.